The van der Waals surface area contributed by atoms with Crippen LogP contribution in [0, 0.1) is 15.3 Å². The van der Waals surface area contributed by atoms with Crippen molar-refractivity contribution in [2.45, 2.75) is 26.8 Å². The zero-order chi connectivity index (χ0) is 13.4. The minimum Gasteiger partial charge on any atom is -0.316 e. The van der Waals surface area contributed by atoms with Gasteiger partial charge in [0.1, 0.15) is 5.82 Å². The number of nitrogens with one attached hydrogen (secondary N) is 2. The monoisotopic (exact) mass is 364 g/mol. The molecule has 0 spiro atoms. The van der Waals surface area contributed by atoms with E-state index in [0.29, 0.717) is 5.92 Å². The fourth-order valence-corrected chi connectivity index (χ4v) is 2.29. The van der Waals surface area contributed by atoms with Crippen LogP contribution >= 0.6 is 22.6 Å². The maximum atomic E-state index is 12.9. The Morgan fingerprint density at radius 3 is 2.61 bits per heavy atom. The number of benzene rings is 1. The highest BCUT2D eigenvalue weighted by molar-refractivity contribution is 14.1. The van der Waals surface area contributed by atoms with E-state index in [-0.39, 0.29) is 5.82 Å². The summed E-state index contributed by atoms with van der Waals surface area (Å²) < 4.78 is 13.9. The number of hydrogen-bond acceptors (Lipinski definition) is 2. The smallest absolute Gasteiger partial charge is 0.124 e. The van der Waals surface area contributed by atoms with E-state index >= 15 is 0 Å². The van der Waals surface area contributed by atoms with Crippen molar-refractivity contribution in [2.75, 3.05) is 19.6 Å². The first-order chi connectivity index (χ1) is 8.59. The number of hydrogen-bond donors (Lipinski definition) is 2. The van der Waals surface area contributed by atoms with Gasteiger partial charge in [0.2, 0.25) is 0 Å². The van der Waals surface area contributed by atoms with Crippen molar-refractivity contribution < 1.29 is 4.39 Å². The minimum atomic E-state index is -0.166. The van der Waals surface area contributed by atoms with Crippen LogP contribution < -0.4 is 10.6 Å². The molecule has 0 saturated carbocycles. The van der Waals surface area contributed by atoms with Crippen LogP contribution in [0.25, 0.3) is 0 Å². The van der Waals surface area contributed by atoms with Crippen LogP contribution in [0.4, 0.5) is 4.39 Å². The van der Waals surface area contributed by atoms with Gasteiger partial charge in [0.05, 0.1) is 0 Å². The second-order valence-corrected chi connectivity index (χ2v) is 6.03. The SMILES string of the molecule is CC(C)CNCCCNCc1ccc(F)cc1I. The summed E-state index contributed by atoms with van der Waals surface area (Å²) in [7, 11) is 0. The predicted octanol–water partition coefficient (Wildman–Crippen LogP) is 3.16. The van der Waals surface area contributed by atoms with Crippen molar-refractivity contribution in [3.8, 4) is 0 Å². The van der Waals surface area contributed by atoms with E-state index in [2.05, 4.69) is 47.1 Å². The summed E-state index contributed by atoms with van der Waals surface area (Å²) in [6.07, 6.45) is 1.12. The normalized spacial score (nSPS) is 11.2. The van der Waals surface area contributed by atoms with Crippen LogP contribution in [0.15, 0.2) is 18.2 Å². The molecule has 0 unspecified atom stereocenters. The van der Waals surface area contributed by atoms with Gasteiger partial charge in [-0.1, -0.05) is 19.9 Å². The molecule has 18 heavy (non-hydrogen) atoms. The van der Waals surface area contributed by atoms with E-state index < -0.39 is 0 Å². The molecular formula is C14H22FIN2. The van der Waals surface area contributed by atoms with Gasteiger partial charge in [-0.15, -0.1) is 0 Å². The first kappa shape index (κ1) is 15.9. The molecule has 0 heterocycles. The molecule has 0 aromatic heterocycles. The van der Waals surface area contributed by atoms with Gasteiger partial charge in [-0.2, -0.15) is 0 Å². The van der Waals surface area contributed by atoms with Crippen LogP contribution in [0.2, 0.25) is 0 Å². The third kappa shape index (κ3) is 6.66. The third-order valence-corrected chi connectivity index (χ3v) is 3.59. The first-order valence-corrected chi connectivity index (χ1v) is 7.53. The van der Waals surface area contributed by atoms with Crippen molar-refractivity contribution in [2.24, 2.45) is 5.92 Å². The van der Waals surface area contributed by atoms with Gasteiger partial charge in [-0.05, 0) is 72.3 Å². The van der Waals surface area contributed by atoms with Crippen LogP contribution in [-0.2, 0) is 6.54 Å². The molecular weight excluding hydrogens is 342 g/mol. The van der Waals surface area contributed by atoms with E-state index in [1.807, 2.05) is 6.07 Å². The van der Waals surface area contributed by atoms with E-state index in [1.54, 1.807) is 6.07 Å². The maximum absolute atomic E-state index is 12.9. The summed E-state index contributed by atoms with van der Waals surface area (Å²) in [5.74, 6) is 0.541. The molecule has 4 heteroatoms. The van der Waals surface area contributed by atoms with Gasteiger partial charge < -0.3 is 10.6 Å². The summed E-state index contributed by atoms with van der Waals surface area (Å²) >= 11 is 2.18. The molecule has 1 rings (SSSR count). The van der Waals surface area contributed by atoms with Gasteiger partial charge in [0.25, 0.3) is 0 Å². The lowest BCUT2D eigenvalue weighted by molar-refractivity contribution is 0.530. The summed E-state index contributed by atoms with van der Waals surface area (Å²) in [5.41, 5.74) is 1.16. The molecule has 0 bridgehead atoms. The van der Waals surface area contributed by atoms with Crippen molar-refractivity contribution in [1.29, 1.82) is 0 Å². The van der Waals surface area contributed by atoms with E-state index in [4.69, 9.17) is 0 Å². The summed E-state index contributed by atoms with van der Waals surface area (Å²) in [4.78, 5) is 0. The molecule has 0 fully saturated rings. The predicted molar refractivity (Wildman–Crippen MR) is 83.1 cm³/mol. The minimum absolute atomic E-state index is 0.166. The highest BCUT2D eigenvalue weighted by Crippen LogP contribution is 2.13. The van der Waals surface area contributed by atoms with Gasteiger partial charge in [0, 0.05) is 10.1 Å². The average molecular weight is 364 g/mol. The maximum Gasteiger partial charge on any atom is 0.124 e. The molecule has 0 amide bonds. The lowest BCUT2D eigenvalue weighted by Crippen LogP contribution is -2.24. The number of halogens is 2. The fraction of sp³-hybridized carbons (Fsp3) is 0.571. The second-order valence-electron chi connectivity index (χ2n) is 4.86. The molecule has 1 aromatic carbocycles. The quantitative estimate of drug-likeness (QED) is 0.547. The van der Waals surface area contributed by atoms with Gasteiger partial charge in [-0.25, -0.2) is 4.39 Å². The Balaban J connectivity index is 2.11. The van der Waals surface area contributed by atoms with Crippen LogP contribution in [0.3, 0.4) is 0 Å². The second kappa shape index (κ2) is 8.82. The molecule has 0 aliphatic rings. The lowest BCUT2D eigenvalue weighted by atomic mass is 10.2. The van der Waals surface area contributed by atoms with E-state index in [9.17, 15) is 4.39 Å². The lowest BCUT2D eigenvalue weighted by Gasteiger charge is -2.09. The molecule has 0 radical (unpaired) electrons. The third-order valence-electron chi connectivity index (χ3n) is 2.59. The zero-order valence-corrected chi connectivity index (χ0v) is 13.3. The topological polar surface area (TPSA) is 24.1 Å². The fourth-order valence-electron chi connectivity index (χ4n) is 1.62. The van der Waals surface area contributed by atoms with Crippen LogP contribution in [-0.4, -0.2) is 19.6 Å². The summed E-state index contributed by atoms with van der Waals surface area (Å²) in [6.45, 7) is 8.34. The first-order valence-electron chi connectivity index (χ1n) is 6.45. The zero-order valence-electron chi connectivity index (χ0n) is 11.1. The van der Waals surface area contributed by atoms with Gasteiger partial charge in [-0.3, -0.25) is 0 Å². The Morgan fingerprint density at radius 2 is 1.94 bits per heavy atom. The van der Waals surface area contributed by atoms with Gasteiger partial charge >= 0.3 is 0 Å². The summed E-state index contributed by atoms with van der Waals surface area (Å²) in [6, 6.07) is 4.94. The van der Waals surface area contributed by atoms with E-state index in [0.717, 1.165) is 41.7 Å². The molecule has 2 N–H and O–H groups in total. The highest BCUT2D eigenvalue weighted by Gasteiger charge is 2.00. The summed E-state index contributed by atoms with van der Waals surface area (Å²) in [5, 5.41) is 6.79. The molecule has 0 saturated heterocycles. The molecule has 1 aromatic rings. The molecule has 102 valence electrons. The van der Waals surface area contributed by atoms with Crippen molar-refractivity contribution in [3.63, 3.8) is 0 Å². The Morgan fingerprint density at radius 1 is 1.22 bits per heavy atom. The average Bonchev–Trinajstić information content (AvgIpc) is 2.30. The molecule has 0 aliphatic carbocycles. The van der Waals surface area contributed by atoms with Crippen molar-refractivity contribution in [1.82, 2.24) is 10.6 Å². The Hall–Kier alpha value is -0.200. The number of rotatable bonds is 8. The van der Waals surface area contributed by atoms with Crippen molar-refractivity contribution in [3.05, 3.63) is 33.1 Å². The Bertz CT molecular complexity index is 356. The van der Waals surface area contributed by atoms with Crippen molar-refractivity contribution >= 4 is 22.6 Å². The van der Waals surface area contributed by atoms with E-state index in [1.165, 1.54) is 6.07 Å². The molecule has 0 aliphatic heterocycles. The van der Waals surface area contributed by atoms with Gasteiger partial charge in [0.15, 0.2) is 0 Å². The molecule has 2 nitrogen and oxygen atoms in total. The Kier molecular flexibility index (Phi) is 7.77. The molecule has 0 atom stereocenters. The Labute approximate surface area is 123 Å². The van der Waals surface area contributed by atoms with Crippen LogP contribution in [0.5, 0.6) is 0 Å². The standard InChI is InChI=1S/C14H22FIN2/c1-11(2)9-17-6-3-7-18-10-12-4-5-13(15)8-14(12)16/h4-5,8,11,17-18H,3,6-7,9-10H2,1-2H3. The highest BCUT2D eigenvalue weighted by atomic mass is 127. The van der Waals surface area contributed by atoms with Crippen LogP contribution in [0.1, 0.15) is 25.8 Å². The largest absolute Gasteiger partial charge is 0.316 e.